The fourth-order valence-corrected chi connectivity index (χ4v) is 7.13. The zero-order valence-corrected chi connectivity index (χ0v) is 39.9. The smallest absolute Gasteiger partial charge is 0.406 e. The molecule has 0 aromatic carbocycles. The highest BCUT2D eigenvalue weighted by Gasteiger charge is 2.30. The number of alkyl halides is 3. The van der Waals surface area contributed by atoms with Crippen LogP contribution in [-0.4, -0.2) is 78.5 Å². The molecule has 1 fully saturated rings. The molecule has 5 aromatic heterocycles. The normalized spacial score (nSPS) is 11.9. The molecule has 5 aromatic rings. The Hall–Kier alpha value is -5.40. The summed E-state index contributed by atoms with van der Waals surface area (Å²) in [4.78, 5) is 89.3. The van der Waals surface area contributed by atoms with Crippen molar-refractivity contribution in [3.05, 3.63) is 141 Å². The molecule has 0 bridgehead atoms. The van der Waals surface area contributed by atoms with Gasteiger partial charge in [0.1, 0.15) is 28.8 Å². The van der Waals surface area contributed by atoms with Crippen molar-refractivity contribution < 1.29 is 52.8 Å². The predicted molar refractivity (Wildman–Crippen MR) is 234 cm³/mol. The first kappa shape index (κ1) is 51.9. The first-order valence-corrected chi connectivity index (χ1v) is 20.8. The summed E-state index contributed by atoms with van der Waals surface area (Å²) in [7, 11) is 3.44. The summed E-state index contributed by atoms with van der Waals surface area (Å²) >= 11 is 12.1. The third-order valence-corrected chi connectivity index (χ3v) is 12.8. The van der Waals surface area contributed by atoms with Crippen LogP contribution in [0.15, 0.2) is 74.3 Å². The maximum atomic E-state index is 12.2. The van der Waals surface area contributed by atoms with Gasteiger partial charge in [-0.25, -0.2) is 19.2 Å². The lowest BCUT2D eigenvalue weighted by molar-refractivity contribution is -0.141. The van der Waals surface area contributed by atoms with Gasteiger partial charge in [0.15, 0.2) is 0 Å². The maximum absolute atomic E-state index is 12.2. The van der Waals surface area contributed by atoms with E-state index in [4.69, 9.17) is 20.4 Å². The number of carbonyl (C=O) groups is 4. The summed E-state index contributed by atoms with van der Waals surface area (Å²) in [5.41, 5.74) is -0.827. The first-order valence-electron chi connectivity index (χ1n) is 17.6. The van der Waals surface area contributed by atoms with E-state index in [0.29, 0.717) is 42.8 Å². The number of aryl methyl sites for hydroxylation is 2. The van der Waals surface area contributed by atoms with Crippen LogP contribution >= 0.6 is 63.7 Å². The van der Waals surface area contributed by atoms with Crippen molar-refractivity contribution in [2.24, 2.45) is 14.1 Å². The Morgan fingerprint density at radius 3 is 1.43 bits per heavy atom. The molecule has 25 heteroatoms. The molecule has 63 heavy (non-hydrogen) atoms. The van der Waals surface area contributed by atoms with Crippen LogP contribution in [-0.2, 0) is 20.6 Å². The van der Waals surface area contributed by atoms with E-state index >= 15 is 0 Å². The average molecular weight is 1140 g/mol. The van der Waals surface area contributed by atoms with Gasteiger partial charge < -0.3 is 38.7 Å². The molecule has 0 atom stereocenters. The fourth-order valence-electron chi connectivity index (χ4n) is 5.37. The molecule has 338 valence electrons. The average Bonchev–Trinajstić information content (AvgIpc) is 3.95. The van der Waals surface area contributed by atoms with Crippen LogP contribution in [0, 0.1) is 27.7 Å². The highest BCUT2D eigenvalue weighted by molar-refractivity contribution is 9.11. The van der Waals surface area contributed by atoms with Gasteiger partial charge in [-0.05, 0) is 104 Å². The largest absolute Gasteiger partial charge is 0.477 e. The Bertz CT molecular complexity index is 2900. The van der Waals surface area contributed by atoms with Crippen molar-refractivity contribution >= 4 is 87.6 Å². The van der Waals surface area contributed by atoms with Crippen LogP contribution in [0.2, 0.25) is 0 Å². The molecule has 0 saturated heterocycles. The molecule has 0 unspecified atom stereocenters. The Labute approximate surface area is 386 Å². The summed E-state index contributed by atoms with van der Waals surface area (Å²) in [6, 6.07) is 0.361. The number of rotatable bonds is 7. The van der Waals surface area contributed by atoms with Crippen LogP contribution in [0.5, 0.6) is 0 Å². The third-order valence-electron chi connectivity index (χ3n) is 9.07. The van der Waals surface area contributed by atoms with Gasteiger partial charge in [0, 0.05) is 73.9 Å². The van der Waals surface area contributed by atoms with E-state index in [1.165, 1.54) is 25.5 Å². The van der Waals surface area contributed by atoms with Gasteiger partial charge in [-0.2, -0.15) is 18.3 Å². The van der Waals surface area contributed by atoms with Gasteiger partial charge in [-0.3, -0.25) is 23.9 Å². The monoisotopic (exact) mass is 1140 g/mol. The molecule has 5 heterocycles. The van der Waals surface area contributed by atoms with Gasteiger partial charge >= 0.3 is 30.1 Å². The molecule has 1 aliphatic rings. The van der Waals surface area contributed by atoms with E-state index in [1.54, 1.807) is 54.2 Å². The highest BCUT2D eigenvalue weighted by Crippen LogP contribution is 2.36. The highest BCUT2D eigenvalue weighted by atomic mass is 79.9. The van der Waals surface area contributed by atoms with Gasteiger partial charge in [-0.15, -0.1) is 0 Å². The minimum atomic E-state index is -4.49. The van der Waals surface area contributed by atoms with Crippen LogP contribution in [0.25, 0.3) is 5.69 Å². The summed E-state index contributed by atoms with van der Waals surface area (Å²) in [5, 5.41) is 39.3. The van der Waals surface area contributed by atoms with Crippen molar-refractivity contribution in [1.82, 2.24) is 28.0 Å². The van der Waals surface area contributed by atoms with Crippen LogP contribution < -0.4 is 21.7 Å². The third kappa shape index (κ3) is 12.6. The zero-order valence-electron chi connectivity index (χ0n) is 33.5. The van der Waals surface area contributed by atoms with Crippen molar-refractivity contribution in [2.45, 2.75) is 59.3 Å². The molecule has 0 spiro atoms. The number of pyridine rings is 4. The van der Waals surface area contributed by atoms with Crippen LogP contribution in [0.4, 0.5) is 13.2 Å². The van der Waals surface area contributed by atoms with Gasteiger partial charge in [0.05, 0.1) is 29.8 Å². The molecular formula is C38H35Br4F3N6O12. The number of carboxylic acid groups (broad SMARTS) is 4. The predicted octanol–water partition coefficient (Wildman–Crippen LogP) is 6.63. The van der Waals surface area contributed by atoms with E-state index in [-0.39, 0.29) is 31.3 Å². The second kappa shape index (κ2) is 20.9. The lowest BCUT2D eigenvalue weighted by atomic mass is 10.2. The number of aromatic carboxylic acids is 4. The number of carboxylic acids is 4. The van der Waals surface area contributed by atoms with Crippen LogP contribution in [0.3, 0.4) is 0 Å². The van der Waals surface area contributed by atoms with E-state index in [1.807, 2.05) is 11.5 Å². The first-order chi connectivity index (χ1) is 29.0. The molecule has 0 radical (unpaired) electrons. The fraction of sp³-hybridized carbons (Fsp3) is 0.289. The van der Waals surface area contributed by atoms with Gasteiger partial charge in [0.2, 0.25) is 21.7 Å². The van der Waals surface area contributed by atoms with Crippen molar-refractivity contribution in [3.8, 4) is 5.69 Å². The summed E-state index contributed by atoms with van der Waals surface area (Å²) in [6.07, 6.45) is 5.69. The molecule has 6 rings (SSSR count). The number of nitrogens with zero attached hydrogens (tertiary/aromatic N) is 6. The molecule has 18 nitrogen and oxygen atoms in total. The minimum Gasteiger partial charge on any atom is -0.477 e. The van der Waals surface area contributed by atoms with Crippen molar-refractivity contribution in [3.63, 3.8) is 0 Å². The Kier molecular flexibility index (Phi) is 17.2. The lowest BCUT2D eigenvalue weighted by Gasteiger charge is -2.15. The van der Waals surface area contributed by atoms with Gasteiger partial charge in [0.25, 0.3) is 0 Å². The molecule has 0 aliphatic heterocycles. The number of hydrogen-bond donors (Lipinski definition) is 4. The molecule has 1 saturated carbocycles. The quantitative estimate of drug-likeness (QED) is 0.134. The van der Waals surface area contributed by atoms with E-state index in [2.05, 4.69) is 68.8 Å². The number of halogens is 7. The Balaban J connectivity index is 0.000000225. The van der Waals surface area contributed by atoms with Crippen molar-refractivity contribution in [2.75, 3.05) is 0 Å². The standard InChI is InChI=1S/C11H10BrN3O3.C10H10BrNO3.C9H7BrF3NO3.C8H8BrNO3/c1-6-9(12)10(16)8(11(17)18)5-15(6)7-3-13-14(2)4-7;1-5-8(11)9(13)7(10(14)15)4-12(5)6-2-3-6;1-4-6(10)7(15)5(8(16)17)2-14(4)3-9(11,12)13;1-4-6(9)7(11)5(8(12)13)3-10(4)2/h3-5H,1-2H3,(H,17,18);4,6H,2-3H2,1H3,(H,14,15);2H,3H2,1H3,(H,16,17);3H,1-2H3,(H,12,13). The van der Waals surface area contributed by atoms with E-state index < -0.39 is 63.9 Å². The van der Waals surface area contributed by atoms with E-state index in [0.717, 1.165) is 18.5 Å². The maximum Gasteiger partial charge on any atom is 0.406 e. The Morgan fingerprint density at radius 1 is 0.619 bits per heavy atom. The molecular weight excluding hydrogens is 1110 g/mol. The second-order valence-corrected chi connectivity index (χ2v) is 16.7. The summed E-state index contributed by atoms with van der Waals surface area (Å²) in [6.45, 7) is 5.22. The number of hydrogen-bond acceptors (Lipinski definition) is 9. The van der Waals surface area contributed by atoms with Gasteiger partial charge in [-0.1, -0.05) is 0 Å². The summed E-state index contributed by atoms with van der Waals surface area (Å²) < 4.78 is 44.7. The zero-order chi connectivity index (χ0) is 48.2. The SMILES string of the molecule is Cc1c(Br)c(=O)c(C(=O)O)cn1-c1cnn(C)c1.Cc1c(Br)c(=O)c(C(=O)O)cn1C.Cc1c(Br)c(=O)c(C(=O)O)cn1C1CC1.Cc1c(Br)c(=O)c(C(=O)O)cn1CC(F)(F)F. The number of aromatic nitrogens is 6. The lowest BCUT2D eigenvalue weighted by Crippen LogP contribution is -2.25. The minimum absolute atomic E-state index is 0.0253. The van der Waals surface area contributed by atoms with Crippen molar-refractivity contribution in [1.29, 1.82) is 0 Å². The second-order valence-electron chi connectivity index (χ2n) is 13.5. The topological polar surface area (TPSA) is 255 Å². The van der Waals surface area contributed by atoms with E-state index in [9.17, 15) is 51.5 Å². The summed E-state index contributed by atoms with van der Waals surface area (Å²) in [5.74, 6) is -5.19. The molecule has 1 aliphatic carbocycles. The Morgan fingerprint density at radius 2 is 1.02 bits per heavy atom. The molecule has 0 amide bonds. The van der Waals surface area contributed by atoms with Crippen LogP contribution in [0.1, 0.15) is 83.1 Å². The molecule has 4 N–H and O–H groups in total.